The summed E-state index contributed by atoms with van der Waals surface area (Å²) in [5.41, 5.74) is 4.07. The smallest absolute Gasteiger partial charge is 0.0783 e. The van der Waals surface area contributed by atoms with Crippen molar-refractivity contribution in [3.63, 3.8) is 0 Å². The minimum Gasteiger partial charge on any atom is -0.374 e. The van der Waals surface area contributed by atoms with E-state index in [1.807, 2.05) is 30.1 Å². The Morgan fingerprint density at radius 1 is 1.55 bits per heavy atom. The number of nitrogens with two attached hydrogens (primary N) is 1. The van der Waals surface area contributed by atoms with Crippen LogP contribution in [0.4, 0.5) is 0 Å². The molecule has 2 aliphatic rings. The van der Waals surface area contributed by atoms with Gasteiger partial charge < -0.3 is 4.74 Å². The van der Waals surface area contributed by atoms with Gasteiger partial charge in [-0.3, -0.25) is 16.3 Å². The van der Waals surface area contributed by atoms with Crippen molar-refractivity contribution in [2.75, 3.05) is 18.1 Å². The molecule has 3 unspecified atom stereocenters. The average molecular weight is 358 g/mol. The minimum absolute atomic E-state index is 0.0814. The Hall–Kier alpha value is -0.140. The van der Waals surface area contributed by atoms with Crippen molar-refractivity contribution in [2.24, 2.45) is 11.8 Å². The summed E-state index contributed by atoms with van der Waals surface area (Å²) in [7, 11) is 0. The normalized spacial score (nSPS) is 31.6. The largest absolute Gasteiger partial charge is 0.374 e. The van der Waals surface area contributed by atoms with Crippen molar-refractivity contribution in [2.45, 2.75) is 30.9 Å². The second-order valence-corrected chi connectivity index (χ2v) is 7.65. The van der Waals surface area contributed by atoms with Crippen LogP contribution in [0.15, 0.2) is 22.8 Å². The highest BCUT2D eigenvalue weighted by atomic mass is 79.9. The van der Waals surface area contributed by atoms with E-state index in [0.717, 1.165) is 35.4 Å². The van der Waals surface area contributed by atoms with Crippen molar-refractivity contribution in [1.82, 2.24) is 10.4 Å². The van der Waals surface area contributed by atoms with Gasteiger partial charge in [0.25, 0.3) is 0 Å². The zero-order chi connectivity index (χ0) is 14.0. The molecular weight excluding hydrogens is 338 g/mol. The van der Waals surface area contributed by atoms with Crippen molar-refractivity contribution in [3.8, 4) is 0 Å². The van der Waals surface area contributed by atoms with Crippen LogP contribution in [0.3, 0.4) is 0 Å². The maximum Gasteiger partial charge on any atom is 0.0783 e. The van der Waals surface area contributed by atoms with Crippen LogP contribution in [0.5, 0.6) is 0 Å². The molecule has 20 heavy (non-hydrogen) atoms. The fourth-order valence-corrected chi connectivity index (χ4v) is 4.86. The van der Waals surface area contributed by atoms with E-state index in [4.69, 9.17) is 10.6 Å². The van der Waals surface area contributed by atoms with Crippen LogP contribution in [0, 0.1) is 5.92 Å². The number of rotatable bonds is 3. The summed E-state index contributed by atoms with van der Waals surface area (Å²) < 4.78 is 7.08. The zero-order valence-corrected chi connectivity index (χ0v) is 13.8. The second kappa shape index (κ2) is 6.32. The molecule has 1 aromatic heterocycles. The topological polar surface area (TPSA) is 60.2 Å². The molecule has 0 amide bonds. The molecule has 2 saturated heterocycles. The van der Waals surface area contributed by atoms with Crippen molar-refractivity contribution in [3.05, 3.63) is 28.5 Å². The Morgan fingerprint density at radius 2 is 2.45 bits per heavy atom. The average Bonchev–Trinajstić information content (AvgIpc) is 2.90. The molecule has 3 atom stereocenters. The number of hydrazine groups is 1. The Balaban J connectivity index is 1.76. The zero-order valence-electron chi connectivity index (χ0n) is 11.3. The van der Waals surface area contributed by atoms with E-state index in [1.54, 1.807) is 0 Å². The van der Waals surface area contributed by atoms with Gasteiger partial charge in [0.15, 0.2) is 0 Å². The maximum absolute atomic E-state index is 6.09. The fourth-order valence-electron chi connectivity index (χ4n) is 3.25. The number of hydrogen-bond donors (Lipinski definition) is 2. The second-order valence-electron chi connectivity index (χ2n) is 5.63. The van der Waals surface area contributed by atoms with E-state index in [0.29, 0.717) is 5.92 Å². The molecule has 0 radical (unpaired) electrons. The highest BCUT2D eigenvalue weighted by Crippen LogP contribution is 2.43. The van der Waals surface area contributed by atoms with Gasteiger partial charge in [-0.25, -0.2) is 0 Å². The highest BCUT2D eigenvalue weighted by Gasteiger charge is 2.42. The molecule has 0 aromatic carbocycles. The van der Waals surface area contributed by atoms with Gasteiger partial charge in [-0.05, 0) is 59.0 Å². The fraction of sp³-hybridized carbons (Fsp3) is 0.643. The third kappa shape index (κ3) is 3.04. The van der Waals surface area contributed by atoms with Gasteiger partial charge in [0.2, 0.25) is 0 Å². The Kier molecular flexibility index (Phi) is 4.67. The first-order valence-electron chi connectivity index (χ1n) is 7.02. The number of halogens is 1. The van der Waals surface area contributed by atoms with Crippen LogP contribution in [0.25, 0.3) is 0 Å². The van der Waals surface area contributed by atoms with Crippen LogP contribution in [0.2, 0.25) is 0 Å². The number of pyridine rings is 1. The van der Waals surface area contributed by atoms with E-state index >= 15 is 0 Å². The van der Waals surface area contributed by atoms with Gasteiger partial charge >= 0.3 is 0 Å². The molecule has 0 aliphatic carbocycles. The predicted octanol–water partition coefficient (Wildman–Crippen LogP) is 2.65. The number of aromatic nitrogens is 1. The van der Waals surface area contributed by atoms with Crippen LogP contribution < -0.4 is 11.3 Å². The molecule has 0 saturated carbocycles. The molecule has 2 fully saturated rings. The first-order chi connectivity index (χ1) is 9.72. The summed E-state index contributed by atoms with van der Waals surface area (Å²) in [4.78, 5) is 4.50. The van der Waals surface area contributed by atoms with Crippen LogP contribution in [-0.4, -0.2) is 28.7 Å². The predicted molar refractivity (Wildman–Crippen MR) is 85.4 cm³/mol. The lowest BCUT2D eigenvalue weighted by atomic mass is 9.80. The van der Waals surface area contributed by atoms with E-state index in [2.05, 4.69) is 26.3 Å². The maximum atomic E-state index is 6.09. The summed E-state index contributed by atoms with van der Waals surface area (Å²) in [5.74, 6) is 8.63. The standard InChI is InChI=1S/C14H20BrN3OS/c15-11-1-2-12(17-8-11)13(18-16)10-3-5-19-14(7-10)4-6-20-9-14/h1-2,8,10,13,18H,3-7,9,16H2. The van der Waals surface area contributed by atoms with Gasteiger partial charge in [0.05, 0.1) is 17.3 Å². The lowest BCUT2D eigenvalue weighted by Gasteiger charge is -2.40. The Morgan fingerprint density at radius 3 is 3.10 bits per heavy atom. The highest BCUT2D eigenvalue weighted by molar-refractivity contribution is 9.10. The Labute approximate surface area is 132 Å². The summed E-state index contributed by atoms with van der Waals surface area (Å²) in [5, 5.41) is 0. The summed E-state index contributed by atoms with van der Waals surface area (Å²) in [6.07, 6.45) is 5.12. The molecule has 0 bridgehead atoms. The Bertz CT molecular complexity index is 450. The molecule has 1 aromatic rings. The van der Waals surface area contributed by atoms with E-state index in [9.17, 15) is 0 Å². The number of nitrogens with one attached hydrogen (secondary N) is 1. The molecule has 6 heteroatoms. The van der Waals surface area contributed by atoms with E-state index < -0.39 is 0 Å². The van der Waals surface area contributed by atoms with E-state index in [1.165, 1.54) is 12.2 Å². The quantitative estimate of drug-likeness (QED) is 0.643. The van der Waals surface area contributed by atoms with Gasteiger partial charge in [0.1, 0.15) is 0 Å². The lowest BCUT2D eigenvalue weighted by molar-refractivity contribution is -0.0856. The van der Waals surface area contributed by atoms with Gasteiger partial charge in [-0.15, -0.1) is 0 Å². The lowest BCUT2D eigenvalue weighted by Crippen LogP contribution is -2.45. The first-order valence-corrected chi connectivity index (χ1v) is 8.96. The molecule has 2 aliphatic heterocycles. The van der Waals surface area contributed by atoms with Crippen LogP contribution in [0.1, 0.15) is 31.0 Å². The summed E-state index contributed by atoms with van der Waals surface area (Å²) >= 11 is 5.42. The number of hydrogen-bond acceptors (Lipinski definition) is 5. The van der Waals surface area contributed by atoms with Crippen molar-refractivity contribution in [1.29, 1.82) is 0 Å². The first kappa shape index (κ1) is 14.8. The van der Waals surface area contributed by atoms with E-state index in [-0.39, 0.29) is 11.6 Å². The monoisotopic (exact) mass is 357 g/mol. The number of thioether (sulfide) groups is 1. The minimum atomic E-state index is 0.0814. The molecule has 1 spiro atoms. The summed E-state index contributed by atoms with van der Waals surface area (Å²) in [6, 6.07) is 4.17. The summed E-state index contributed by atoms with van der Waals surface area (Å²) in [6.45, 7) is 0.833. The molecule has 3 heterocycles. The molecule has 110 valence electrons. The SMILES string of the molecule is NNC(c1ccc(Br)cn1)C1CCOC2(CCSC2)C1. The van der Waals surface area contributed by atoms with Crippen LogP contribution in [-0.2, 0) is 4.74 Å². The van der Waals surface area contributed by atoms with Gasteiger partial charge in [-0.1, -0.05) is 0 Å². The third-order valence-corrected chi connectivity index (χ3v) is 6.01. The molecule has 4 nitrogen and oxygen atoms in total. The van der Waals surface area contributed by atoms with Gasteiger partial charge in [0, 0.05) is 23.0 Å². The molecule has 3 N–H and O–H groups in total. The molecule has 3 rings (SSSR count). The van der Waals surface area contributed by atoms with Crippen molar-refractivity contribution < 1.29 is 4.74 Å². The number of nitrogens with zero attached hydrogens (tertiary/aromatic N) is 1. The van der Waals surface area contributed by atoms with Crippen LogP contribution >= 0.6 is 27.7 Å². The molecular formula is C14H20BrN3OS. The van der Waals surface area contributed by atoms with Crippen molar-refractivity contribution >= 4 is 27.7 Å². The number of ether oxygens (including phenoxy) is 1. The van der Waals surface area contributed by atoms with Gasteiger partial charge in [-0.2, -0.15) is 11.8 Å². The third-order valence-electron chi connectivity index (χ3n) is 4.32.